The molecule has 0 spiro atoms. The molecule has 1 atom stereocenters. The van der Waals surface area contributed by atoms with Crippen LogP contribution in [-0.4, -0.2) is 63.7 Å². The number of methoxy groups -OCH3 is 3. The summed E-state index contributed by atoms with van der Waals surface area (Å²) in [5.74, 6) is 2.56. The van der Waals surface area contributed by atoms with E-state index in [-0.39, 0.29) is 0 Å². The van der Waals surface area contributed by atoms with Crippen molar-refractivity contribution >= 4 is 0 Å². The van der Waals surface area contributed by atoms with Gasteiger partial charge in [-0.05, 0) is 49.5 Å². The Bertz CT molecular complexity index is 504. The fourth-order valence-electron chi connectivity index (χ4n) is 3.13. The lowest BCUT2D eigenvalue weighted by molar-refractivity contribution is 0.00489. The maximum Gasteiger partial charge on any atom is 0.203 e. The Kier molecular flexibility index (Phi) is 7.81. The molecule has 1 aliphatic heterocycles. The van der Waals surface area contributed by atoms with Crippen LogP contribution in [0.25, 0.3) is 0 Å². The molecule has 0 radical (unpaired) electrons. The Hall–Kier alpha value is -1.50. The molecule has 1 heterocycles. The average Bonchev–Trinajstić information content (AvgIpc) is 2.62. The van der Waals surface area contributed by atoms with Crippen LogP contribution in [0.4, 0.5) is 0 Å². The standard InChI is InChI=1S/C19H31NO5/c1-14-5-7-20(8-6-14)11-16(21)13-25-12-15-9-17(22-2)19(24-4)18(10-15)23-3/h9-10,14,16,21H,5-8,11-13H2,1-4H3. The summed E-state index contributed by atoms with van der Waals surface area (Å²) < 4.78 is 21.7. The molecule has 0 amide bonds. The van der Waals surface area contributed by atoms with Crippen LogP contribution in [0.15, 0.2) is 12.1 Å². The van der Waals surface area contributed by atoms with E-state index in [1.165, 1.54) is 12.8 Å². The van der Waals surface area contributed by atoms with Crippen molar-refractivity contribution in [2.24, 2.45) is 5.92 Å². The second-order valence-electron chi connectivity index (χ2n) is 6.69. The van der Waals surface area contributed by atoms with Crippen LogP contribution in [0, 0.1) is 5.92 Å². The maximum absolute atomic E-state index is 10.2. The molecular formula is C19H31NO5. The minimum Gasteiger partial charge on any atom is -0.493 e. The van der Waals surface area contributed by atoms with Gasteiger partial charge in [0.05, 0.1) is 40.6 Å². The lowest BCUT2D eigenvalue weighted by Gasteiger charge is -2.31. The van der Waals surface area contributed by atoms with Crippen LogP contribution in [0.1, 0.15) is 25.3 Å². The Labute approximate surface area is 150 Å². The minimum atomic E-state index is -0.476. The molecular weight excluding hydrogens is 322 g/mol. The van der Waals surface area contributed by atoms with Gasteiger partial charge in [-0.1, -0.05) is 6.92 Å². The van der Waals surface area contributed by atoms with E-state index in [1.54, 1.807) is 21.3 Å². The predicted molar refractivity (Wildman–Crippen MR) is 96.6 cm³/mol. The third-order valence-electron chi connectivity index (χ3n) is 4.65. The summed E-state index contributed by atoms with van der Waals surface area (Å²) in [6.07, 6.45) is 1.94. The van der Waals surface area contributed by atoms with Gasteiger partial charge in [0.2, 0.25) is 5.75 Å². The van der Waals surface area contributed by atoms with Gasteiger partial charge in [-0.3, -0.25) is 0 Å². The number of rotatable bonds is 9. The summed E-state index contributed by atoms with van der Waals surface area (Å²) >= 11 is 0. The molecule has 142 valence electrons. The fourth-order valence-corrected chi connectivity index (χ4v) is 3.13. The summed E-state index contributed by atoms with van der Waals surface area (Å²) in [5, 5.41) is 10.2. The monoisotopic (exact) mass is 353 g/mol. The van der Waals surface area contributed by atoms with E-state index in [0.717, 1.165) is 24.6 Å². The van der Waals surface area contributed by atoms with Gasteiger partial charge < -0.3 is 29.0 Å². The topological polar surface area (TPSA) is 60.4 Å². The van der Waals surface area contributed by atoms with E-state index in [0.29, 0.717) is 37.0 Å². The predicted octanol–water partition coefficient (Wildman–Crippen LogP) is 2.32. The van der Waals surface area contributed by atoms with Crippen LogP contribution in [0.3, 0.4) is 0 Å². The van der Waals surface area contributed by atoms with Gasteiger partial charge in [0, 0.05) is 6.54 Å². The first-order valence-corrected chi connectivity index (χ1v) is 8.84. The Morgan fingerprint density at radius 2 is 1.68 bits per heavy atom. The van der Waals surface area contributed by atoms with Gasteiger partial charge >= 0.3 is 0 Å². The van der Waals surface area contributed by atoms with E-state index >= 15 is 0 Å². The molecule has 6 nitrogen and oxygen atoms in total. The normalized spacial score (nSPS) is 17.3. The highest BCUT2D eigenvalue weighted by atomic mass is 16.5. The zero-order valence-electron chi connectivity index (χ0n) is 15.8. The maximum atomic E-state index is 10.2. The van der Waals surface area contributed by atoms with Crippen LogP contribution in [-0.2, 0) is 11.3 Å². The van der Waals surface area contributed by atoms with Crippen LogP contribution < -0.4 is 14.2 Å². The molecule has 1 saturated heterocycles. The number of nitrogens with zero attached hydrogens (tertiary/aromatic N) is 1. The lowest BCUT2D eigenvalue weighted by Crippen LogP contribution is -2.39. The highest BCUT2D eigenvalue weighted by molar-refractivity contribution is 5.53. The van der Waals surface area contributed by atoms with E-state index in [9.17, 15) is 5.11 Å². The molecule has 0 bridgehead atoms. The highest BCUT2D eigenvalue weighted by Gasteiger charge is 2.18. The van der Waals surface area contributed by atoms with Crippen molar-refractivity contribution in [1.29, 1.82) is 0 Å². The van der Waals surface area contributed by atoms with Crippen molar-refractivity contribution in [3.63, 3.8) is 0 Å². The van der Waals surface area contributed by atoms with E-state index in [4.69, 9.17) is 18.9 Å². The molecule has 0 aliphatic carbocycles. The van der Waals surface area contributed by atoms with E-state index < -0.39 is 6.10 Å². The zero-order chi connectivity index (χ0) is 18.2. The van der Waals surface area contributed by atoms with Gasteiger partial charge in [-0.15, -0.1) is 0 Å². The number of hydrogen-bond acceptors (Lipinski definition) is 6. The number of hydrogen-bond donors (Lipinski definition) is 1. The molecule has 1 aromatic rings. The second kappa shape index (κ2) is 9.85. The summed E-state index contributed by atoms with van der Waals surface area (Å²) in [5.41, 5.74) is 0.911. The number of piperidine rings is 1. The van der Waals surface area contributed by atoms with E-state index in [2.05, 4.69) is 11.8 Å². The average molecular weight is 353 g/mol. The molecule has 0 saturated carbocycles. The van der Waals surface area contributed by atoms with Gasteiger partial charge in [0.1, 0.15) is 0 Å². The van der Waals surface area contributed by atoms with Gasteiger partial charge in [-0.25, -0.2) is 0 Å². The van der Waals surface area contributed by atoms with Crippen LogP contribution in [0.5, 0.6) is 17.2 Å². The number of ether oxygens (including phenoxy) is 4. The van der Waals surface area contributed by atoms with Crippen molar-refractivity contribution in [2.75, 3.05) is 47.6 Å². The molecule has 25 heavy (non-hydrogen) atoms. The largest absolute Gasteiger partial charge is 0.493 e. The molecule has 1 fully saturated rings. The zero-order valence-corrected chi connectivity index (χ0v) is 15.8. The van der Waals surface area contributed by atoms with Crippen molar-refractivity contribution in [3.05, 3.63) is 17.7 Å². The molecule has 1 N–H and O–H groups in total. The summed E-state index contributed by atoms with van der Waals surface area (Å²) in [4.78, 5) is 2.31. The Morgan fingerprint density at radius 3 is 2.20 bits per heavy atom. The second-order valence-corrected chi connectivity index (χ2v) is 6.69. The van der Waals surface area contributed by atoms with E-state index in [1.807, 2.05) is 12.1 Å². The molecule has 2 rings (SSSR count). The fraction of sp³-hybridized carbons (Fsp3) is 0.684. The first-order valence-electron chi connectivity index (χ1n) is 8.84. The quantitative estimate of drug-likeness (QED) is 0.735. The summed E-state index contributed by atoms with van der Waals surface area (Å²) in [6.45, 7) is 5.76. The third-order valence-corrected chi connectivity index (χ3v) is 4.65. The van der Waals surface area contributed by atoms with Crippen LogP contribution in [0.2, 0.25) is 0 Å². The van der Waals surface area contributed by atoms with Gasteiger partial charge in [-0.2, -0.15) is 0 Å². The van der Waals surface area contributed by atoms with Crippen molar-refractivity contribution < 1.29 is 24.1 Å². The summed E-state index contributed by atoms with van der Waals surface area (Å²) in [7, 11) is 4.75. The number of β-amino-alcohol motifs (C(OH)–C–C–N with tert-alkyl or cyclic N) is 1. The summed E-state index contributed by atoms with van der Waals surface area (Å²) in [6, 6.07) is 3.72. The Morgan fingerprint density at radius 1 is 1.08 bits per heavy atom. The molecule has 1 aromatic carbocycles. The third kappa shape index (κ3) is 5.76. The lowest BCUT2D eigenvalue weighted by atomic mass is 9.99. The molecule has 1 unspecified atom stereocenters. The number of aliphatic hydroxyl groups is 1. The van der Waals surface area contributed by atoms with Gasteiger partial charge in [0.25, 0.3) is 0 Å². The first-order chi connectivity index (χ1) is 12.1. The van der Waals surface area contributed by atoms with Crippen molar-refractivity contribution in [1.82, 2.24) is 4.90 Å². The SMILES string of the molecule is COc1cc(COCC(O)CN2CCC(C)CC2)cc(OC)c1OC. The number of aliphatic hydroxyl groups excluding tert-OH is 1. The van der Waals surface area contributed by atoms with Gasteiger partial charge in [0.15, 0.2) is 11.5 Å². The van der Waals surface area contributed by atoms with Crippen molar-refractivity contribution in [2.45, 2.75) is 32.5 Å². The highest BCUT2D eigenvalue weighted by Crippen LogP contribution is 2.38. The Balaban J connectivity index is 1.82. The van der Waals surface area contributed by atoms with Crippen molar-refractivity contribution in [3.8, 4) is 17.2 Å². The molecule has 0 aromatic heterocycles. The molecule has 6 heteroatoms. The van der Waals surface area contributed by atoms with Crippen LogP contribution >= 0.6 is 0 Å². The first kappa shape index (κ1) is 19.8. The number of benzene rings is 1. The molecule has 1 aliphatic rings. The number of likely N-dealkylation sites (tertiary alicyclic amines) is 1. The smallest absolute Gasteiger partial charge is 0.203 e. The minimum absolute atomic E-state index is 0.308.